The maximum absolute atomic E-state index is 6.24. The maximum atomic E-state index is 6.24. The van der Waals surface area contributed by atoms with Gasteiger partial charge in [-0.2, -0.15) is 0 Å². The van der Waals surface area contributed by atoms with E-state index < -0.39 is 0 Å². The van der Waals surface area contributed by atoms with Crippen LogP contribution in [0.4, 0.5) is 5.95 Å². The van der Waals surface area contributed by atoms with E-state index in [1.807, 2.05) is 12.4 Å². The van der Waals surface area contributed by atoms with E-state index in [1.54, 1.807) is 12.7 Å². The van der Waals surface area contributed by atoms with E-state index in [9.17, 15) is 0 Å². The largest absolute Gasteiger partial charge is 0.371 e. The lowest BCUT2D eigenvalue weighted by Gasteiger charge is -2.39. The van der Waals surface area contributed by atoms with Crippen LogP contribution in [0.5, 0.6) is 0 Å². The molecule has 4 heterocycles. The summed E-state index contributed by atoms with van der Waals surface area (Å²) in [6, 6.07) is 0.327. The molecule has 0 aromatic carbocycles. The minimum Gasteiger partial charge on any atom is -0.371 e. The zero-order chi connectivity index (χ0) is 15.7. The van der Waals surface area contributed by atoms with Crippen molar-refractivity contribution in [3.63, 3.8) is 0 Å². The monoisotopic (exact) mass is 314 g/mol. The second kappa shape index (κ2) is 5.88. The quantitative estimate of drug-likeness (QED) is 0.858. The van der Waals surface area contributed by atoms with E-state index in [4.69, 9.17) is 4.74 Å². The van der Waals surface area contributed by atoms with Gasteiger partial charge in [-0.05, 0) is 24.8 Å². The normalized spacial score (nSPS) is 27.7. The maximum Gasteiger partial charge on any atom is 0.225 e. The van der Waals surface area contributed by atoms with Gasteiger partial charge in [-0.3, -0.25) is 0 Å². The molecule has 0 radical (unpaired) electrons. The van der Waals surface area contributed by atoms with Gasteiger partial charge in [0.25, 0.3) is 0 Å². The van der Waals surface area contributed by atoms with Crippen LogP contribution in [0.3, 0.4) is 0 Å². The molecule has 23 heavy (non-hydrogen) atoms. The fourth-order valence-corrected chi connectivity index (χ4v) is 3.66. The van der Waals surface area contributed by atoms with Crippen LogP contribution in [-0.2, 0) is 11.2 Å². The first-order valence-corrected chi connectivity index (χ1v) is 8.32. The van der Waals surface area contributed by atoms with Gasteiger partial charge in [-0.25, -0.2) is 9.97 Å². The highest BCUT2D eigenvalue weighted by molar-refractivity contribution is 5.32. The number of aromatic nitrogens is 5. The van der Waals surface area contributed by atoms with Gasteiger partial charge in [-0.15, -0.1) is 10.2 Å². The summed E-state index contributed by atoms with van der Waals surface area (Å²) in [7, 11) is 0. The third kappa shape index (κ3) is 2.81. The lowest BCUT2D eigenvalue weighted by molar-refractivity contribution is -0.00719. The van der Waals surface area contributed by atoms with E-state index in [1.165, 1.54) is 5.56 Å². The Bertz CT molecular complexity index is 643. The van der Waals surface area contributed by atoms with Crippen LogP contribution >= 0.6 is 0 Å². The van der Waals surface area contributed by atoms with Crippen molar-refractivity contribution in [3.8, 4) is 0 Å². The van der Waals surface area contributed by atoms with Gasteiger partial charge in [0.1, 0.15) is 12.7 Å². The van der Waals surface area contributed by atoms with Gasteiger partial charge in [0.2, 0.25) is 5.95 Å². The average molecular weight is 314 g/mol. The Morgan fingerprint density at radius 3 is 2.78 bits per heavy atom. The second-order valence-corrected chi connectivity index (χ2v) is 6.53. The van der Waals surface area contributed by atoms with Crippen molar-refractivity contribution >= 4 is 5.95 Å². The highest BCUT2D eigenvalue weighted by Crippen LogP contribution is 2.39. The molecule has 0 N–H and O–H groups in total. The summed E-state index contributed by atoms with van der Waals surface area (Å²) in [5.41, 5.74) is 1.07. The van der Waals surface area contributed by atoms with Gasteiger partial charge < -0.3 is 14.2 Å². The minimum atomic E-state index is -0.0972. The van der Waals surface area contributed by atoms with Crippen LogP contribution in [0, 0.1) is 0 Å². The molecule has 0 bridgehead atoms. The summed E-state index contributed by atoms with van der Waals surface area (Å²) in [4.78, 5) is 11.3. The Morgan fingerprint density at radius 1 is 1.26 bits per heavy atom. The molecule has 2 aliphatic heterocycles. The van der Waals surface area contributed by atoms with Crippen LogP contribution in [-0.4, -0.2) is 50.0 Å². The highest BCUT2D eigenvalue weighted by atomic mass is 16.5. The van der Waals surface area contributed by atoms with E-state index in [-0.39, 0.29) is 5.60 Å². The Kier molecular flexibility index (Phi) is 3.72. The molecule has 7 heteroatoms. The third-order valence-corrected chi connectivity index (χ3v) is 4.97. The number of aryl methyl sites for hydroxylation is 1. The minimum absolute atomic E-state index is 0.0972. The first-order valence-electron chi connectivity index (χ1n) is 8.32. The number of hydrogen-bond acceptors (Lipinski definition) is 6. The van der Waals surface area contributed by atoms with E-state index in [0.717, 1.165) is 51.3 Å². The number of nitrogens with zero attached hydrogens (tertiary/aromatic N) is 6. The van der Waals surface area contributed by atoms with Gasteiger partial charge in [0.15, 0.2) is 0 Å². The molecule has 2 aromatic rings. The number of anilines is 1. The lowest BCUT2D eigenvalue weighted by Crippen LogP contribution is -2.48. The topological polar surface area (TPSA) is 69.0 Å². The first-order chi connectivity index (χ1) is 11.3. The molecule has 0 aliphatic carbocycles. The molecule has 2 aromatic heterocycles. The van der Waals surface area contributed by atoms with Gasteiger partial charge in [-0.1, -0.05) is 6.92 Å². The van der Waals surface area contributed by atoms with Crippen LogP contribution in [0.15, 0.2) is 25.0 Å². The number of rotatable bonds is 3. The zero-order valence-electron chi connectivity index (χ0n) is 13.4. The SMILES string of the molecule is CCc1cnc(N2CCC[C@@]3(C[C@H](n4cnnc4)CO3)C2)nc1. The fourth-order valence-electron chi connectivity index (χ4n) is 3.66. The number of hydrogen-bond donors (Lipinski definition) is 0. The van der Waals surface area contributed by atoms with Crippen LogP contribution in [0.2, 0.25) is 0 Å². The molecule has 4 rings (SSSR count). The molecular weight excluding hydrogens is 292 g/mol. The summed E-state index contributed by atoms with van der Waals surface area (Å²) in [6.45, 7) is 4.69. The highest BCUT2D eigenvalue weighted by Gasteiger charge is 2.44. The molecule has 1 spiro atoms. The molecular formula is C16H22N6O. The molecule has 0 amide bonds. The zero-order valence-corrected chi connectivity index (χ0v) is 13.4. The van der Waals surface area contributed by atoms with Crippen LogP contribution in [0.25, 0.3) is 0 Å². The number of ether oxygens (including phenoxy) is 1. The molecule has 2 saturated heterocycles. The van der Waals surface area contributed by atoms with E-state index >= 15 is 0 Å². The molecule has 7 nitrogen and oxygen atoms in total. The molecule has 122 valence electrons. The van der Waals surface area contributed by atoms with Crippen molar-refractivity contribution < 1.29 is 4.74 Å². The van der Waals surface area contributed by atoms with Crippen LogP contribution in [0.1, 0.15) is 37.8 Å². The summed E-state index contributed by atoms with van der Waals surface area (Å²) in [5.74, 6) is 0.817. The summed E-state index contributed by atoms with van der Waals surface area (Å²) < 4.78 is 8.30. The van der Waals surface area contributed by atoms with Crippen molar-refractivity contribution in [3.05, 3.63) is 30.6 Å². The lowest BCUT2D eigenvalue weighted by atomic mass is 9.89. The summed E-state index contributed by atoms with van der Waals surface area (Å²) in [5, 5.41) is 7.81. The van der Waals surface area contributed by atoms with Gasteiger partial charge in [0, 0.05) is 31.9 Å². The van der Waals surface area contributed by atoms with Crippen LogP contribution < -0.4 is 4.90 Å². The molecule has 2 aliphatic rings. The van der Waals surface area contributed by atoms with Crippen molar-refractivity contribution in [2.24, 2.45) is 0 Å². The fraction of sp³-hybridized carbons (Fsp3) is 0.625. The van der Waals surface area contributed by atoms with E-state index in [2.05, 4.69) is 36.6 Å². The summed E-state index contributed by atoms with van der Waals surface area (Å²) in [6.07, 6.45) is 11.6. The standard InChI is InChI=1S/C16H22N6O/c1-2-13-7-17-15(18-8-13)21-5-3-4-16(10-21)6-14(9-23-16)22-11-19-20-12-22/h7-8,11-12,14H,2-6,9-10H2,1H3/t14-,16+/m0/s1. The third-order valence-electron chi connectivity index (χ3n) is 4.97. The second-order valence-electron chi connectivity index (χ2n) is 6.53. The van der Waals surface area contributed by atoms with Crippen molar-refractivity contribution in [1.29, 1.82) is 0 Å². The van der Waals surface area contributed by atoms with Crippen molar-refractivity contribution in [2.75, 3.05) is 24.6 Å². The van der Waals surface area contributed by atoms with E-state index in [0.29, 0.717) is 6.04 Å². The molecule has 2 atom stereocenters. The smallest absolute Gasteiger partial charge is 0.225 e. The predicted molar refractivity (Wildman–Crippen MR) is 85.2 cm³/mol. The molecule has 0 saturated carbocycles. The Hall–Kier alpha value is -2.02. The first kappa shape index (κ1) is 14.6. The number of piperidine rings is 1. The Balaban J connectivity index is 1.48. The van der Waals surface area contributed by atoms with Crippen molar-refractivity contribution in [1.82, 2.24) is 24.7 Å². The van der Waals surface area contributed by atoms with Gasteiger partial charge in [0.05, 0.1) is 18.2 Å². The Morgan fingerprint density at radius 2 is 2.04 bits per heavy atom. The predicted octanol–water partition coefficient (Wildman–Crippen LogP) is 1.63. The average Bonchev–Trinajstić information content (AvgIpc) is 3.25. The van der Waals surface area contributed by atoms with Crippen molar-refractivity contribution in [2.45, 2.75) is 44.2 Å². The molecule has 0 unspecified atom stereocenters. The summed E-state index contributed by atoms with van der Waals surface area (Å²) >= 11 is 0. The van der Waals surface area contributed by atoms with Gasteiger partial charge >= 0.3 is 0 Å². The Labute approximate surface area is 135 Å². The molecule has 2 fully saturated rings.